The molecule has 0 atom stereocenters. The maximum atomic E-state index is 11.9. The SMILES string of the molecule is COc1ccc(CNc2cccc3c2CCNC3=O)c(Cl)c1OC. The zero-order valence-electron chi connectivity index (χ0n) is 13.6. The van der Waals surface area contributed by atoms with E-state index in [1.165, 1.54) is 0 Å². The van der Waals surface area contributed by atoms with Gasteiger partial charge in [0, 0.05) is 24.3 Å². The van der Waals surface area contributed by atoms with E-state index < -0.39 is 0 Å². The van der Waals surface area contributed by atoms with Gasteiger partial charge in [0.1, 0.15) is 0 Å². The third-order valence-electron chi connectivity index (χ3n) is 4.12. The average Bonchev–Trinajstić information content (AvgIpc) is 2.61. The molecule has 2 aromatic rings. The maximum Gasteiger partial charge on any atom is 0.251 e. The topological polar surface area (TPSA) is 59.6 Å². The number of halogens is 1. The highest BCUT2D eigenvalue weighted by Gasteiger charge is 2.19. The second kappa shape index (κ2) is 7.01. The summed E-state index contributed by atoms with van der Waals surface area (Å²) in [6.45, 7) is 1.18. The summed E-state index contributed by atoms with van der Waals surface area (Å²) in [6.07, 6.45) is 0.809. The van der Waals surface area contributed by atoms with Crippen LogP contribution in [0.4, 0.5) is 5.69 Å². The molecule has 0 fully saturated rings. The van der Waals surface area contributed by atoms with Crippen molar-refractivity contribution in [3.63, 3.8) is 0 Å². The van der Waals surface area contributed by atoms with Crippen LogP contribution in [0.15, 0.2) is 30.3 Å². The Morgan fingerprint density at radius 3 is 2.79 bits per heavy atom. The zero-order valence-corrected chi connectivity index (χ0v) is 14.4. The van der Waals surface area contributed by atoms with Gasteiger partial charge in [0.05, 0.1) is 19.2 Å². The number of fused-ring (bicyclic) bond motifs is 1. The van der Waals surface area contributed by atoms with Crippen molar-refractivity contribution < 1.29 is 14.3 Å². The van der Waals surface area contributed by atoms with Crippen molar-refractivity contribution in [3.8, 4) is 11.5 Å². The first-order valence-electron chi connectivity index (χ1n) is 7.69. The van der Waals surface area contributed by atoms with Crippen LogP contribution in [-0.4, -0.2) is 26.7 Å². The third kappa shape index (κ3) is 2.99. The van der Waals surface area contributed by atoms with E-state index in [1.54, 1.807) is 14.2 Å². The van der Waals surface area contributed by atoms with Crippen LogP contribution in [-0.2, 0) is 13.0 Å². The number of carbonyl (C=O) groups excluding carboxylic acids is 1. The van der Waals surface area contributed by atoms with Gasteiger partial charge >= 0.3 is 0 Å². The van der Waals surface area contributed by atoms with Crippen molar-refractivity contribution in [3.05, 3.63) is 52.0 Å². The minimum absolute atomic E-state index is 0.0240. The van der Waals surface area contributed by atoms with Crippen molar-refractivity contribution in [1.29, 1.82) is 0 Å². The van der Waals surface area contributed by atoms with Crippen LogP contribution in [0, 0.1) is 0 Å². The largest absolute Gasteiger partial charge is 0.493 e. The molecule has 1 amide bonds. The quantitative estimate of drug-likeness (QED) is 0.872. The molecule has 0 saturated heterocycles. The molecule has 6 heteroatoms. The molecule has 3 rings (SSSR count). The van der Waals surface area contributed by atoms with Gasteiger partial charge in [-0.1, -0.05) is 23.7 Å². The molecule has 1 aliphatic rings. The van der Waals surface area contributed by atoms with Crippen LogP contribution in [0.1, 0.15) is 21.5 Å². The molecule has 5 nitrogen and oxygen atoms in total. The van der Waals surface area contributed by atoms with E-state index in [9.17, 15) is 4.79 Å². The summed E-state index contributed by atoms with van der Waals surface area (Å²) in [6, 6.07) is 9.43. The Morgan fingerprint density at radius 2 is 2.04 bits per heavy atom. The van der Waals surface area contributed by atoms with Gasteiger partial charge < -0.3 is 20.1 Å². The van der Waals surface area contributed by atoms with Crippen molar-refractivity contribution in [2.75, 3.05) is 26.1 Å². The molecule has 2 aromatic carbocycles. The highest BCUT2D eigenvalue weighted by atomic mass is 35.5. The summed E-state index contributed by atoms with van der Waals surface area (Å²) in [5.74, 6) is 1.09. The molecule has 0 radical (unpaired) electrons. The molecular formula is C18H19ClN2O3. The Balaban J connectivity index is 1.85. The van der Waals surface area contributed by atoms with E-state index in [0.717, 1.165) is 28.8 Å². The molecule has 1 heterocycles. The van der Waals surface area contributed by atoms with Crippen LogP contribution in [0.3, 0.4) is 0 Å². The van der Waals surface area contributed by atoms with Gasteiger partial charge in [-0.15, -0.1) is 0 Å². The molecule has 2 N–H and O–H groups in total. The van der Waals surface area contributed by atoms with Gasteiger partial charge in [0.15, 0.2) is 11.5 Å². The first-order chi connectivity index (χ1) is 11.7. The van der Waals surface area contributed by atoms with Crippen LogP contribution in [0.5, 0.6) is 11.5 Å². The highest BCUT2D eigenvalue weighted by molar-refractivity contribution is 6.33. The first kappa shape index (κ1) is 16.5. The predicted octanol–water partition coefficient (Wildman–Crippen LogP) is 3.26. The number of methoxy groups -OCH3 is 2. The molecule has 0 aromatic heterocycles. The number of amides is 1. The summed E-state index contributed by atoms with van der Waals surface area (Å²) < 4.78 is 10.6. The molecule has 126 valence electrons. The molecular weight excluding hydrogens is 328 g/mol. The van der Waals surface area contributed by atoms with E-state index in [2.05, 4.69) is 10.6 Å². The molecule has 1 aliphatic heterocycles. The molecule has 0 saturated carbocycles. The third-order valence-corrected chi connectivity index (χ3v) is 4.53. The fourth-order valence-electron chi connectivity index (χ4n) is 2.89. The van der Waals surface area contributed by atoms with E-state index in [0.29, 0.717) is 29.6 Å². The van der Waals surface area contributed by atoms with Crippen molar-refractivity contribution in [2.24, 2.45) is 0 Å². The molecule has 0 spiro atoms. The van der Waals surface area contributed by atoms with Crippen LogP contribution in [0.25, 0.3) is 0 Å². The van der Waals surface area contributed by atoms with Crippen molar-refractivity contribution >= 4 is 23.2 Å². The fraction of sp³-hybridized carbons (Fsp3) is 0.278. The average molecular weight is 347 g/mol. The second-order valence-electron chi connectivity index (χ2n) is 5.47. The number of hydrogen-bond donors (Lipinski definition) is 2. The fourth-order valence-corrected chi connectivity index (χ4v) is 3.19. The lowest BCUT2D eigenvalue weighted by atomic mass is 9.98. The Morgan fingerprint density at radius 1 is 1.21 bits per heavy atom. The van der Waals surface area contributed by atoms with Crippen molar-refractivity contribution in [2.45, 2.75) is 13.0 Å². The van der Waals surface area contributed by atoms with E-state index >= 15 is 0 Å². The Bertz CT molecular complexity index is 777. The molecule has 0 unspecified atom stereocenters. The summed E-state index contributed by atoms with van der Waals surface area (Å²) >= 11 is 6.42. The first-order valence-corrected chi connectivity index (χ1v) is 8.06. The smallest absolute Gasteiger partial charge is 0.251 e. The lowest BCUT2D eigenvalue weighted by molar-refractivity contribution is 0.0946. The van der Waals surface area contributed by atoms with Gasteiger partial charge in [-0.05, 0) is 35.7 Å². The second-order valence-corrected chi connectivity index (χ2v) is 5.84. The van der Waals surface area contributed by atoms with Gasteiger partial charge in [-0.3, -0.25) is 4.79 Å². The number of anilines is 1. The lowest BCUT2D eigenvalue weighted by Gasteiger charge is -2.21. The number of hydrogen-bond acceptors (Lipinski definition) is 4. The highest BCUT2D eigenvalue weighted by Crippen LogP contribution is 2.37. The van der Waals surface area contributed by atoms with Gasteiger partial charge in [-0.25, -0.2) is 0 Å². The van der Waals surface area contributed by atoms with Gasteiger partial charge in [0.25, 0.3) is 5.91 Å². The normalized spacial score (nSPS) is 13.0. The van der Waals surface area contributed by atoms with E-state index in [4.69, 9.17) is 21.1 Å². The number of nitrogens with one attached hydrogen (secondary N) is 2. The summed E-state index contributed by atoms with van der Waals surface area (Å²) in [7, 11) is 3.14. The zero-order chi connectivity index (χ0) is 17.1. The Hall–Kier alpha value is -2.40. The summed E-state index contributed by atoms with van der Waals surface area (Å²) in [5, 5.41) is 6.76. The molecule has 0 aliphatic carbocycles. The van der Waals surface area contributed by atoms with Gasteiger partial charge in [-0.2, -0.15) is 0 Å². The lowest BCUT2D eigenvalue weighted by Crippen LogP contribution is -2.32. The van der Waals surface area contributed by atoms with Crippen LogP contribution < -0.4 is 20.1 Å². The van der Waals surface area contributed by atoms with Crippen LogP contribution in [0.2, 0.25) is 5.02 Å². The van der Waals surface area contributed by atoms with Gasteiger partial charge in [0.2, 0.25) is 0 Å². The Kier molecular flexibility index (Phi) is 4.81. The minimum Gasteiger partial charge on any atom is -0.493 e. The Labute approximate surface area is 145 Å². The summed E-state index contributed by atoms with van der Waals surface area (Å²) in [4.78, 5) is 11.9. The number of ether oxygens (including phenoxy) is 2. The standard InChI is InChI=1S/C18H19ClN2O3/c1-23-15-7-6-11(16(19)17(15)24-2)10-21-14-5-3-4-13-12(14)8-9-20-18(13)22/h3-7,21H,8-10H2,1-2H3,(H,20,22). The molecule has 24 heavy (non-hydrogen) atoms. The molecule has 0 bridgehead atoms. The predicted molar refractivity (Wildman–Crippen MR) is 94.4 cm³/mol. The van der Waals surface area contributed by atoms with Crippen LogP contribution >= 0.6 is 11.6 Å². The van der Waals surface area contributed by atoms with E-state index in [1.807, 2.05) is 30.3 Å². The summed E-state index contributed by atoms with van der Waals surface area (Å²) in [5.41, 5.74) is 3.61. The number of rotatable bonds is 5. The van der Waals surface area contributed by atoms with Crippen molar-refractivity contribution in [1.82, 2.24) is 5.32 Å². The maximum absolute atomic E-state index is 11.9. The number of benzene rings is 2. The minimum atomic E-state index is -0.0240. The monoisotopic (exact) mass is 346 g/mol. The van der Waals surface area contributed by atoms with E-state index in [-0.39, 0.29) is 5.91 Å². The number of carbonyl (C=O) groups is 1.